The van der Waals surface area contributed by atoms with Crippen molar-refractivity contribution in [3.63, 3.8) is 0 Å². The van der Waals surface area contributed by atoms with Crippen molar-refractivity contribution in [1.82, 2.24) is 4.90 Å². The van der Waals surface area contributed by atoms with E-state index < -0.39 is 5.91 Å². The Balaban J connectivity index is 1.59. The Bertz CT molecular complexity index is 1150. The van der Waals surface area contributed by atoms with Crippen LogP contribution in [0.5, 0.6) is 23.0 Å². The molecule has 4 rings (SSSR count). The molecule has 2 amide bonds. The molecule has 0 aromatic heterocycles. The first kappa shape index (κ1) is 22.2. The number of imide groups is 1. The molecule has 0 N–H and O–H groups in total. The second-order valence-corrected chi connectivity index (χ2v) is 7.55. The zero-order valence-corrected chi connectivity index (χ0v) is 18.8. The fourth-order valence-corrected chi connectivity index (χ4v) is 3.78. The molecular weight excluding hydrogens is 422 g/mol. The van der Waals surface area contributed by atoms with Gasteiger partial charge in [-0.15, -0.1) is 0 Å². The predicted octanol–water partition coefficient (Wildman–Crippen LogP) is 4.13. The highest BCUT2D eigenvalue weighted by Gasteiger charge is 2.31. The number of fused-ring (bicyclic) bond motifs is 1. The van der Waals surface area contributed by atoms with Gasteiger partial charge >= 0.3 is 0 Å². The van der Waals surface area contributed by atoms with Crippen molar-refractivity contribution < 1.29 is 28.5 Å². The maximum Gasteiger partial charge on any atom is 0.261 e. The summed E-state index contributed by atoms with van der Waals surface area (Å²) in [6.45, 7) is 0.640. The van der Waals surface area contributed by atoms with E-state index in [0.717, 1.165) is 11.1 Å². The van der Waals surface area contributed by atoms with Crippen molar-refractivity contribution in [1.29, 1.82) is 0 Å². The molecule has 0 spiro atoms. The van der Waals surface area contributed by atoms with Crippen molar-refractivity contribution in [2.75, 3.05) is 27.9 Å². The number of ether oxygens (including phenoxy) is 4. The van der Waals surface area contributed by atoms with Gasteiger partial charge in [-0.05, 0) is 41.8 Å². The van der Waals surface area contributed by atoms with Crippen molar-refractivity contribution >= 4 is 11.8 Å². The number of amides is 2. The predicted molar refractivity (Wildman–Crippen MR) is 122 cm³/mol. The average molecular weight is 447 g/mol. The van der Waals surface area contributed by atoms with Crippen LogP contribution in [-0.4, -0.2) is 44.6 Å². The summed E-state index contributed by atoms with van der Waals surface area (Å²) in [7, 11) is 4.54. The van der Waals surface area contributed by atoms with Crippen molar-refractivity contribution in [3.8, 4) is 23.0 Å². The van der Waals surface area contributed by atoms with Crippen LogP contribution in [0, 0.1) is 0 Å². The van der Waals surface area contributed by atoms with Crippen LogP contribution in [0.2, 0.25) is 0 Å². The molecule has 0 atom stereocenters. The molecule has 33 heavy (non-hydrogen) atoms. The maximum atomic E-state index is 13.2. The molecule has 3 aromatic rings. The van der Waals surface area contributed by atoms with E-state index in [-0.39, 0.29) is 12.5 Å². The molecular formula is C26H25NO6. The number of methoxy groups -OCH3 is 3. The molecule has 0 saturated carbocycles. The molecule has 0 aliphatic carbocycles. The zero-order valence-electron chi connectivity index (χ0n) is 18.8. The van der Waals surface area contributed by atoms with Crippen molar-refractivity contribution in [3.05, 3.63) is 82.9 Å². The van der Waals surface area contributed by atoms with Crippen molar-refractivity contribution in [2.24, 2.45) is 0 Å². The second kappa shape index (κ2) is 9.65. The smallest absolute Gasteiger partial charge is 0.261 e. The van der Waals surface area contributed by atoms with Gasteiger partial charge in [0.1, 0.15) is 18.1 Å². The van der Waals surface area contributed by atoms with Crippen LogP contribution in [0.1, 0.15) is 31.8 Å². The minimum Gasteiger partial charge on any atom is -0.497 e. The van der Waals surface area contributed by atoms with E-state index in [4.69, 9.17) is 18.9 Å². The van der Waals surface area contributed by atoms with E-state index in [0.29, 0.717) is 47.2 Å². The number of benzene rings is 3. The van der Waals surface area contributed by atoms with Gasteiger partial charge < -0.3 is 18.9 Å². The Labute approximate surface area is 192 Å². The lowest BCUT2D eigenvalue weighted by molar-refractivity contribution is 0.0604. The van der Waals surface area contributed by atoms with Gasteiger partial charge in [0.15, 0.2) is 11.5 Å². The standard InChI is InChI=1S/C26H25NO6/c1-30-20-11-19(12-21(14-20)31-2)25(28)27-10-9-18-13-24(23(32-3)15-22(18)26(27)29)33-16-17-7-5-4-6-8-17/h4-8,11-15H,9-10,16H2,1-3H3. The van der Waals surface area contributed by atoms with E-state index >= 15 is 0 Å². The molecule has 0 radical (unpaired) electrons. The van der Waals surface area contributed by atoms with E-state index in [9.17, 15) is 9.59 Å². The normalized spacial score (nSPS) is 12.7. The van der Waals surface area contributed by atoms with Gasteiger partial charge in [0.05, 0.1) is 21.3 Å². The minimum absolute atomic E-state index is 0.259. The van der Waals surface area contributed by atoms with Crippen LogP contribution in [0.3, 0.4) is 0 Å². The molecule has 3 aromatic carbocycles. The Hall–Kier alpha value is -4.00. The Morgan fingerprint density at radius 1 is 0.879 bits per heavy atom. The van der Waals surface area contributed by atoms with E-state index in [1.165, 1.54) is 26.2 Å². The number of nitrogens with zero attached hydrogens (tertiary/aromatic N) is 1. The fraction of sp³-hybridized carbons (Fsp3) is 0.231. The van der Waals surface area contributed by atoms with Gasteiger partial charge in [-0.25, -0.2) is 0 Å². The minimum atomic E-state index is -0.411. The second-order valence-electron chi connectivity index (χ2n) is 7.55. The Morgan fingerprint density at radius 2 is 1.58 bits per heavy atom. The largest absolute Gasteiger partial charge is 0.497 e. The first-order valence-electron chi connectivity index (χ1n) is 10.5. The van der Waals surface area contributed by atoms with E-state index in [2.05, 4.69) is 0 Å². The summed E-state index contributed by atoms with van der Waals surface area (Å²) >= 11 is 0. The molecule has 170 valence electrons. The quantitative estimate of drug-likeness (QED) is 0.507. The third-order valence-electron chi connectivity index (χ3n) is 5.55. The van der Waals surface area contributed by atoms with Crippen LogP contribution >= 0.6 is 0 Å². The molecule has 1 aliphatic heterocycles. The summed E-state index contributed by atoms with van der Waals surface area (Å²) < 4.78 is 21.9. The third kappa shape index (κ3) is 4.62. The van der Waals surface area contributed by atoms with E-state index in [1.54, 1.807) is 24.3 Å². The zero-order chi connectivity index (χ0) is 23.4. The summed E-state index contributed by atoms with van der Waals surface area (Å²) in [6, 6.07) is 18.1. The van der Waals surface area contributed by atoms with Crippen LogP contribution in [0.25, 0.3) is 0 Å². The van der Waals surface area contributed by atoms with E-state index in [1.807, 2.05) is 36.4 Å². The molecule has 0 saturated heterocycles. The monoisotopic (exact) mass is 447 g/mol. The molecule has 0 unspecified atom stereocenters. The fourth-order valence-electron chi connectivity index (χ4n) is 3.78. The lowest BCUT2D eigenvalue weighted by atomic mass is 9.97. The average Bonchev–Trinajstić information content (AvgIpc) is 2.87. The number of hydrogen-bond donors (Lipinski definition) is 0. The molecule has 1 aliphatic rings. The van der Waals surface area contributed by atoms with Crippen LogP contribution < -0.4 is 18.9 Å². The molecule has 0 bridgehead atoms. The highest BCUT2D eigenvalue weighted by atomic mass is 16.5. The van der Waals surface area contributed by atoms with Crippen molar-refractivity contribution in [2.45, 2.75) is 13.0 Å². The Kier molecular flexibility index (Phi) is 6.49. The molecule has 7 nitrogen and oxygen atoms in total. The molecule has 1 heterocycles. The number of hydrogen-bond acceptors (Lipinski definition) is 6. The SMILES string of the molecule is COc1cc(OC)cc(C(=O)N2CCc3cc(OCc4ccccc4)c(OC)cc3C2=O)c1. The Morgan fingerprint density at radius 3 is 2.21 bits per heavy atom. The molecule has 0 fully saturated rings. The van der Waals surface area contributed by atoms with Crippen LogP contribution in [0.4, 0.5) is 0 Å². The lowest BCUT2D eigenvalue weighted by Gasteiger charge is -2.28. The summed E-state index contributed by atoms with van der Waals surface area (Å²) in [4.78, 5) is 27.7. The van der Waals surface area contributed by atoms with Gasteiger partial charge in [0, 0.05) is 23.7 Å². The highest BCUT2D eigenvalue weighted by Crippen LogP contribution is 2.35. The third-order valence-corrected chi connectivity index (χ3v) is 5.55. The summed E-state index contributed by atoms with van der Waals surface area (Å²) in [6.07, 6.45) is 0.514. The van der Waals surface area contributed by atoms with Gasteiger partial charge in [0.25, 0.3) is 11.8 Å². The molecule has 7 heteroatoms. The highest BCUT2D eigenvalue weighted by molar-refractivity contribution is 6.12. The number of carbonyl (C=O) groups is 2. The first-order chi connectivity index (χ1) is 16.0. The maximum absolute atomic E-state index is 13.2. The summed E-state index contributed by atoms with van der Waals surface area (Å²) in [5.74, 6) is 1.16. The van der Waals surface area contributed by atoms with Gasteiger partial charge in [-0.1, -0.05) is 30.3 Å². The summed E-state index contributed by atoms with van der Waals surface area (Å²) in [5.41, 5.74) is 2.58. The van der Waals surface area contributed by atoms with Gasteiger partial charge in [-0.2, -0.15) is 0 Å². The van der Waals surface area contributed by atoms with Gasteiger partial charge in [-0.3, -0.25) is 14.5 Å². The van der Waals surface area contributed by atoms with Gasteiger partial charge in [0.2, 0.25) is 0 Å². The van der Waals surface area contributed by atoms with Crippen LogP contribution in [0.15, 0.2) is 60.7 Å². The van der Waals surface area contributed by atoms with Crippen LogP contribution in [-0.2, 0) is 13.0 Å². The number of rotatable bonds is 7. The topological polar surface area (TPSA) is 74.3 Å². The summed E-state index contributed by atoms with van der Waals surface area (Å²) in [5, 5.41) is 0. The first-order valence-corrected chi connectivity index (χ1v) is 10.5. The number of carbonyl (C=O) groups excluding carboxylic acids is 2. The lowest BCUT2D eigenvalue weighted by Crippen LogP contribution is -2.42.